The first-order valence-electron chi connectivity index (χ1n) is 13.4. The normalized spacial score (nSPS) is 15.8. The topological polar surface area (TPSA) is 95.7 Å². The van der Waals surface area contributed by atoms with Gasteiger partial charge in [-0.25, -0.2) is 0 Å². The van der Waals surface area contributed by atoms with E-state index in [1.807, 2.05) is 60.7 Å². The molecule has 10 heteroatoms. The number of anilines is 1. The Hall–Kier alpha value is -3.60. The summed E-state index contributed by atoms with van der Waals surface area (Å²) in [6.07, 6.45) is 0.819. The number of fused-ring (bicyclic) bond motifs is 2. The molecular weight excluding hydrogens is 530 g/mol. The maximum Gasteiger partial charge on any atom is 0.245 e. The number of nitrogens with two attached hydrogens (primary N) is 1. The number of carbonyl (C=O) groups excluding carboxylic acids is 1. The zero-order chi connectivity index (χ0) is 27.9. The summed E-state index contributed by atoms with van der Waals surface area (Å²) in [5, 5.41) is -0.456. The lowest BCUT2D eigenvalue weighted by molar-refractivity contribution is -0.118. The lowest BCUT2D eigenvalue weighted by atomic mass is 10.1. The van der Waals surface area contributed by atoms with E-state index in [0.717, 1.165) is 47.2 Å². The number of carbonyl (C=O) groups is 1. The number of amides is 1. The van der Waals surface area contributed by atoms with Gasteiger partial charge in [-0.05, 0) is 55.9 Å². The van der Waals surface area contributed by atoms with Crippen LogP contribution >= 0.6 is 11.8 Å². The highest BCUT2D eigenvalue weighted by atomic mass is 32.2. The summed E-state index contributed by atoms with van der Waals surface area (Å²) in [6.45, 7) is 3.77. The van der Waals surface area contributed by atoms with Crippen molar-refractivity contribution in [3.05, 3.63) is 66.2 Å². The van der Waals surface area contributed by atoms with Gasteiger partial charge in [-0.2, -0.15) is 0 Å². The number of rotatable bonds is 13. The fraction of sp³-hybridized carbons (Fsp3) is 0.367. The van der Waals surface area contributed by atoms with Gasteiger partial charge in [-0.1, -0.05) is 12.1 Å². The van der Waals surface area contributed by atoms with Crippen LogP contribution in [0.4, 0.5) is 5.69 Å². The molecule has 0 saturated heterocycles. The maximum atomic E-state index is 13.6. The lowest BCUT2D eigenvalue weighted by Crippen LogP contribution is -2.40. The Kier molecular flexibility index (Phi) is 9.20. The Morgan fingerprint density at radius 2 is 1.82 bits per heavy atom. The number of nitrogens with zero attached hydrogens (tertiary/aromatic N) is 2. The molecule has 0 unspecified atom stereocenters. The van der Waals surface area contributed by atoms with E-state index in [4.69, 9.17) is 29.4 Å². The van der Waals surface area contributed by atoms with E-state index in [-0.39, 0.29) is 12.7 Å². The Labute approximate surface area is 239 Å². The van der Waals surface area contributed by atoms with Crippen molar-refractivity contribution in [1.29, 1.82) is 0 Å². The third-order valence-electron chi connectivity index (χ3n) is 6.77. The number of hydrogen-bond donors (Lipinski definition) is 1. The minimum Gasteiger partial charge on any atom is -0.497 e. The SMILES string of the molecule is COc1ccc(OCCCN(C)CCOc2ccc3c(c2)OCO3)c([C@@H]2Sc3ccccc3N(CCN)C2=O)c1. The smallest absolute Gasteiger partial charge is 0.245 e. The van der Waals surface area contributed by atoms with E-state index in [9.17, 15) is 4.79 Å². The van der Waals surface area contributed by atoms with E-state index in [1.54, 1.807) is 12.0 Å². The molecule has 0 bridgehead atoms. The molecule has 2 aliphatic heterocycles. The second-order valence-electron chi connectivity index (χ2n) is 9.52. The van der Waals surface area contributed by atoms with E-state index in [2.05, 4.69) is 11.9 Å². The van der Waals surface area contributed by atoms with Crippen molar-refractivity contribution in [2.24, 2.45) is 5.73 Å². The molecule has 0 aliphatic carbocycles. The van der Waals surface area contributed by atoms with Gasteiger partial charge in [0.15, 0.2) is 11.5 Å². The molecule has 2 heterocycles. The number of hydrogen-bond acceptors (Lipinski definition) is 9. The molecule has 212 valence electrons. The number of thioether (sulfide) groups is 1. The number of likely N-dealkylation sites (N-methyl/N-ethyl adjacent to an activating group) is 1. The van der Waals surface area contributed by atoms with Crippen molar-refractivity contribution >= 4 is 23.4 Å². The lowest BCUT2D eigenvalue weighted by Gasteiger charge is -2.34. The van der Waals surface area contributed by atoms with Crippen LogP contribution in [0.3, 0.4) is 0 Å². The van der Waals surface area contributed by atoms with Gasteiger partial charge in [0, 0.05) is 42.7 Å². The molecule has 5 rings (SSSR count). The highest BCUT2D eigenvalue weighted by molar-refractivity contribution is 8.00. The summed E-state index contributed by atoms with van der Waals surface area (Å²) >= 11 is 1.53. The Morgan fingerprint density at radius 1 is 1.00 bits per heavy atom. The molecule has 3 aromatic rings. The highest BCUT2D eigenvalue weighted by Crippen LogP contribution is 2.49. The van der Waals surface area contributed by atoms with Crippen molar-refractivity contribution in [3.8, 4) is 28.7 Å². The van der Waals surface area contributed by atoms with Crippen LogP contribution in [0.5, 0.6) is 28.7 Å². The average Bonchev–Trinajstić information content (AvgIpc) is 3.45. The van der Waals surface area contributed by atoms with Crippen LogP contribution in [0, 0.1) is 0 Å². The Bertz CT molecular complexity index is 1320. The summed E-state index contributed by atoms with van der Waals surface area (Å²) in [5.74, 6) is 3.58. The number of para-hydroxylation sites is 1. The van der Waals surface area contributed by atoms with Gasteiger partial charge in [0.2, 0.25) is 12.7 Å². The summed E-state index contributed by atoms with van der Waals surface area (Å²) in [4.78, 5) is 18.7. The first kappa shape index (κ1) is 27.9. The van der Waals surface area contributed by atoms with Gasteiger partial charge in [0.25, 0.3) is 0 Å². The standard InChI is InChI=1S/C30H35N3O6S/c1-32(15-17-36-22-9-11-26-27(19-22)39-20-38-26)13-5-16-37-25-10-8-21(35-2)18-23(25)29-30(34)33(14-12-31)24-6-3-4-7-28(24)40-29/h3-4,6-11,18-19,29H,5,12-17,20,31H2,1-2H3/t29-/m0/s1. The second-order valence-corrected chi connectivity index (χ2v) is 10.7. The summed E-state index contributed by atoms with van der Waals surface area (Å²) < 4.78 is 28.4. The third-order valence-corrected chi connectivity index (χ3v) is 8.06. The second kappa shape index (κ2) is 13.2. The molecule has 0 spiro atoms. The number of ether oxygens (including phenoxy) is 5. The highest BCUT2D eigenvalue weighted by Gasteiger charge is 2.36. The molecule has 0 radical (unpaired) electrons. The first-order valence-corrected chi connectivity index (χ1v) is 14.2. The molecule has 2 N–H and O–H groups in total. The molecule has 3 aromatic carbocycles. The fourth-order valence-corrected chi connectivity index (χ4v) is 5.93. The van der Waals surface area contributed by atoms with E-state index in [0.29, 0.717) is 43.6 Å². The zero-order valence-electron chi connectivity index (χ0n) is 22.8. The molecular formula is C30H35N3O6S. The summed E-state index contributed by atoms with van der Waals surface area (Å²) in [6, 6.07) is 19.2. The molecule has 0 aromatic heterocycles. The van der Waals surface area contributed by atoms with Crippen LogP contribution in [0.1, 0.15) is 17.2 Å². The van der Waals surface area contributed by atoms with Crippen molar-refractivity contribution in [3.63, 3.8) is 0 Å². The predicted molar refractivity (Wildman–Crippen MR) is 155 cm³/mol. The fourth-order valence-electron chi connectivity index (χ4n) is 4.68. The zero-order valence-corrected chi connectivity index (χ0v) is 23.7. The molecule has 1 amide bonds. The molecule has 0 saturated carbocycles. The van der Waals surface area contributed by atoms with Crippen molar-refractivity contribution in [1.82, 2.24) is 4.90 Å². The summed E-state index contributed by atoms with van der Waals surface area (Å²) in [7, 11) is 3.68. The third kappa shape index (κ3) is 6.41. The van der Waals surface area contributed by atoms with Crippen molar-refractivity contribution < 1.29 is 28.5 Å². The Morgan fingerprint density at radius 3 is 2.67 bits per heavy atom. The predicted octanol–water partition coefficient (Wildman–Crippen LogP) is 4.34. The van der Waals surface area contributed by atoms with Crippen LogP contribution in [-0.4, -0.2) is 71.2 Å². The van der Waals surface area contributed by atoms with E-state index in [1.165, 1.54) is 11.8 Å². The molecule has 0 fully saturated rings. The maximum absolute atomic E-state index is 13.6. The van der Waals surface area contributed by atoms with Crippen LogP contribution in [0.2, 0.25) is 0 Å². The monoisotopic (exact) mass is 565 g/mol. The largest absolute Gasteiger partial charge is 0.497 e. The first-order chi connectivity index (χ1) is 19.6. The van der Waals surface area contributed by atoms with Gasteiger partial charge < -0.3 is 39.2 Å². The summed E-state index contributed by atoms with van der Waals surface area (Å²) in [5.41, 5.74) is 7.56. The van der Waals surface area contributed by atoms with E-state index < -0.39 is 5.25 Å². The van der Waals surface area contributed by atoms with Gasteiger partial charge in [-0.15, -0.1) is 11.8 Å². The molecule has 1 atom stereocenters. The van der Waals surface area contributed by atoms with Gasteiger partial charge in [0.05, 0.1) is 19.4 Å². The molecule has 2 aliphatic rings. The molecule has 9 nitrogen and oxygen atoms in total. The van der Waals surface area contributed by atoms with Crippen molar-refractivity contribution in [2.75, 3.05) is 65.2 Å². The quantitative estimate of drug-likeness (QED) is 0.304. The van der Waals surface area contributed by atoms with Gasteiger partial charge >= 0.3 is 0 Å². The van der Waals surface area contributed by atoms with Crippen LogP contribution in [0.25, 0.3) is 0 Å². The van der Waals surface area contributed by atoms with Crippen LogP contribution in [-0.2, 0) is 4.79 Å². The molecule has 40 heavy (non-hydrogen) atoms. The van der Waals surface area contributed by atoms with Gasteiger partial charge in [0.1, 0.15) is 29.1 Å². The van der Waals surface area contributed by atoms with Gasteiger partial charge in [-0.3, -0.25) is 4.79 Å². The minimum absolute atomic E-state index is 0.00514. The van der Waals surface area contributed by atoms with Crippen LogP contribution < -0.4 is 34.3 Å². The minimum atomic E-state index is -0.456. The van der Waals surface area contributed by atoms with Crippen LogP contribution in [0.15, 0.2) is 65.6 Å². The Balaban J connectivity index is 1.16. The average molecular weight is 566 g/mol. The number of benzene rings is 3. The van der Waals surface area contributed by atoms with E-state index >= 15 is 0 Å². The van der Waals surface area contributed by atoms with Crippen molar-refractivity contribution in [2.45, 2.75) is 16.6 Å². The number of methoxy groups -OCH3 is 1.